The molecule has 0 radical (unpaired) electrons. The van der Waals surface area contributed by atoms with E-state index in [9.17, 15) is 9.90 Å². The minimum Gasteiger partial charge on any atom is -0.508 e. The number of hydrogen-bond acceptors (Lipinski definition) is 4. The Morgan fingerprint density at radius 3 is 2.90 bits per heavy atom. The van der Waals surface area contributed by atoms with Crippen molar-refractivity contribution in [3.63, 3.8) is 0 Å². The van der Waals surface area contributed by atoms with E-state index in [4.69, 9.17) is 9.84 Å². The van der Waals surface area contributed by atoms with Gasteiger partial charge in [-0.15, -0.1) is 0 Å². The Bertz CT molecular complexity index is 669. The number of benzene rings is 2. The van der Waals surface area contributed by atoms with Gasteiger partial charge in [-0.25, -0.2) is 4.79 Å². The first-order valence-electron chi connectivity index (χ1n) is 6.19. The molecule has 3 rings (SSSR count). The van der Waals surface area contributed by atoms with E-state index in [0.717, 1.165) is 11.3 Å². The van der Waals surface area contributed by atoms with Gasteiger partial charge in [0.25, 0.3) is 0 Å². The lowest BCUT2D eigenvalue weighted by Crippen LogP contribution is -2.12. The summed E-state index contributed by atoms with van der Waals surface area (Å²) in [7, 11) is 0. The van der Waals surface area contributed by atoms with E-state index >= 15 is 0 Å². The lowest BCUT2D eigenvalue weighted by molar-refractivity contribution is 0.0697. The van der Waals surface area contributed by atoms with Crippen LogP contribution in [0.2, 0.25) is 0 Å². The monoisotopic (exact) mass is 271 g/mol. The minimum absolute atomic E-state index is 0.0605. The highest BCUT2D eigenvalue weighted by molar-refractivity contribution is 5.88. The van der Waals surface area contributed by atoms with Gasteiger partial charge in [0.15, 0.2) is 0 Å². The number of carbonyl (C=O) groups is 1. The summed E-state index contributed by atoms with van der Waals surface area (Å²) in [5.41, 5.74) is 1.91. The van der Waals surface area contributed by atoms with Gasteiger partial charge in [-0.1, -0.05) is 6.07 Å². The Labute approximate surface area is 115 Å². The van der Waals surface area contributed by atoms with Gasteiger partial charge in [-0.05, 0) is 30.3 Å². The van der Waals surface area contributed by atoms with Crippen molar-refractivity contribution in [3.05, 3.63) is 53.6 Å². The first-order chi connectivity index (χ1) is 9.63. The molecule has 0 bridgehead atoms. The van der Waals surface area contributed by atoms with E-state index in [2.05, 4.69) is 5.32 Å². The lowest BCUT2D eigenvalue weighted by atomic mass is 10.1. The average Bonchev–Trinajstić information content (AvgIpc) is 2.81. The van der Waals surface area contributed by atoms with Gasteiger partial charge in [-0.2, -0.15) is 0 Å². The summed E-state index contributed by atoms with van der Waals surface area (Å²) in [6.45, 7) is 0.441. The smallest absolute Gasteiger partial charge is 0.335 e. The van der Waals surface area contributed by atoms with Crippen LogP contribution in [0.25, 0.3) is 0 Å². The van der Waals surface area contributed by atoms with Crippen LogP contribution in [0, 0.1) is 0 Å². The van der Waals surface area contributed by atoms with Crippen molar-refractivity contribution < 1.29 is 19.7 Å². The van der Waals surface area contributed by atoms with Crippen molar-refractivity contribution in [2.45, 2.75) is 6.04 Å². The maximum atomic E-state index is 10.9. The molecule has 1 atom stereocenters. The van der Waals surface area contributed by atoms with Crippen molar-refractivity contribution in [1.29, 1.82) is 0 Å². The van der Waals surface area contributed by atoms with Crippen molar-refractivity contribution in [1.82, 2.24) is 0 Å². The number of phenolic OH excluding ortho intramolecular Hbond substituents is 1. The zero-order valence-corrected chi connectivity index (χ0v) is 10.5. The molecule has 5 nitrogen and oxygen atoms in total. The number of fused-ring (bicyclic) bond motifs is 1. The van der Waals surface area contributed by atoms with Crippen LogP contribution in [0.15, 0.2) is 42.5 Å². The number of hydrogen-bond donors (Lipinski definition) is 3. The summed E-state index contributed by atoms with van der Waals surface area (Å²) >= 11 is 0. The molecule has 0 amide bonds. The lowest BCUT2D eigenvalue weighted by Gasteiger charge is -2.13. The van der Waals surface area contributed by atoms with E-state index in [1.807, 2.05) is 6.07 Å². The first-order valence-corrected chi connectivity index (χ1v) is 6.19. The number of carboxylic acid groups (broad SMARTS) is 1. The van der Waals surface area contributed by atoms with Crippen LogP contribution in [0.4, 0.5) is 5.69 Å². The molecule has 2 aromatic carbocycles. The molecule has 1 aliphatic rings. The normalized spacial score (nSPS) is 16.3. The van der Waals surface area contributed by atoms with Crippen molar-refractivity contribution in [2.75, 3.05) is 11.9 Å². The van der Waals surface area contributed by atoms with Crippen molar-refractivity contribution in [2.24, 2.45) is 0 Å². The molecule has 1 aliphatic heterocycles. The zero-order valence-electron chi connectivity index (χ0n) is 10.5. The number of nitrogens with one attached hydrogen (secondary N) is 1. The number of rotatable bonds is 3. The Kier molecular flexibility index (Phi) is 2.95. The third kappa shape index (κ3) is 2.25. The van der Waals surface area contributed by atoms with Crippen molar-refractivity contribution in [3.8, 4) is 11.5 Å². The zero-order chi connectivity index (χ0) is 14.1. The summed E-state index contributed by atoms with van der Waals surface area (Å²) in [5.74, 6) is -0.143. The molecule has 0 aromatic heterocycles. The third-order valence-electron chi connectivity index (χ3n) is 3.23. The predicted molar refractivity (Wildman–Crippen MR) is 73.4 cm³/mol. The van der Waals surface area contributed by atoms with Gasteiger partial charge in [0, 0.05) is 17.3 Å². The van der Waals surface area contributed by atoms with E-state index in [1.54, 1.807) is 36.4 Å². The molecule has 5 heteroatoms. The second-order valence-corrected chi connectivity index (χ2v) is 4.62. The van der Waals surface area contributed by atoms with Gasteiger partial charge < -0.3 is 20.3 Å². The summed E-state index contributed by atoms with van der Waals surface area (Å²) in [6, 6.07) is 11.6. The highest BCUT2D eigenvalue weighted by Gasteiger charge is 2.24. The molecule has 0 spiro atoms. The van der Waals surface area contributed by atoms with E-state index < -0.39 is 5.97 Å². The molecular formula is C15H13NO4. The number of phenols is 1. The standard InChI is InChI=1S/C15H13NO4/c17-11-4-5-12-13(8-20-14(12)7-11)16-10-3-1-2-9(6-10)15(18)19/h1-7,13,16-17H,8H2,(H,18,19). The number of aromatic hydroxyl groups is 1. The molecule has 2 aromatic rings. The Morgan fingerprint density at radius 1 is 1.25 bits per heavy atom. The summed E-state index contributed by atoms with van der Waals surface area (Å²) in [4.78, 5) is 10.9. The van der Waals surface area contributed by atoms with E-state index in [0.29, 0.717) is 12.4 Å². The van der Waals surface area contributed by atoms with Gasteiger partial charge in [0.1, 0.15) is 18.1 Å². The second-order valence-electron chi connectivity index (χ2n) is 4.62. The van der Waals surface area contributed by atoms with Crippen LogP contribution in [0.1, 0.15) is 22.0 Å². The Morgan fingerprint density at radius 2 is 2.10 bits per heavy atom. The maximum absolute atomic E-state index is 10.9. The number of aromatic carboxylic acids is 1. The molecule has 1 heterocycles. The maximum Gasteiger partial charge on any atom is 0.335 e. The molecular weight excluding hydrogens is 258 g/mol. The molecule has 102 valence electrons. The molecule has 0 fully saturated rings. The molecule has 0 aliphatic carbocycles. The van der Waals surface area contributed by atoms with Crippen LogP contribution in [-0.2, 0) is 0 Å². The number of anilines is 1. The molecule has 1 unspecified atom stereocenters. The molecule has 0 saturated heterocycles. The Hall–Kier alpha value is -2.69. The summed E-state index contributed by atoms with van der Waals surface area (Å²) in [6.07, 6.45) is 0. The fraction of sp³-hybridized carbons (Fsp3) is 0.133. The van der Waals surface area contributed by atoms with Crippen LogP contribution < -0.4 is 10.1 Å². The topological polar surface area (TPSA) is 78.8 Å². The van der Waals surface area contributed by atoms with Gasteiger partial charge >= 0.3 is 5.97 Å². The van der Waals surface area contributed by atoms with Crippen molar-refractivity contribution >= 4 is 11.7 Å². The third-order valence-corrected chi connectivity index (χ3v) is 3.23. The highest BCUT2D eigenvalue weighted by atomic mass is 16.5. The van der Waals surface area contributed by atoms with E-state index in [-0.39, 0.29) is 17.4 Å². The first kappa shape index (κ1) is 12.3. The minimum atomic E-state index is -0.957. The quantitative estimate of drug-likeness (QED) is 0.799. The fourth-order valence-electron chi connectivity index (χ4n) is 2.26. The van der Waals surface area contributed by atoms with Crippen LogP contribution in [-0.4, -0.2) is 22.8 Å². The number of ether oxygens (including phenoxy) is 1. The van der Waals surface area contributed by atoms with Gasteiger partial charge in [-0.3, -0.25) is 0 Å². The molecule has 20 heavy (non-hydrogen) atoms. The van der Waals surface area contributed by atoms with Crippen LogP contribution in [0.3, 0.4) is 0 Å². The highest BCUT2D eigenvalue weighted by Crippen LogP contribution is 2.36. The SMILES string of the molecule is O=C(O)c1cccc(NC2COc3cc(O)ccc32)c1. The summed E-state index contributed by atoms with van der Waals surface area (Å²) < 4.78 is 5.50. The average molecular weight is 271 g/mol. The van der Waals surface area contributed by atoms with Gasteiger partial charge in [0.05, 0.1) is 11.6 Å². The van der Waals surface area contributed by atoms with Gasteiger partial charge in [0.2, 0.25) is 0 Å². The van der Waals surface area contributed by atoms with E-state index in [1.165, 1.54) is 0 Å². The molecule has 0 saturated carbocycles. The number of carboxylic acids is 1. The summed E-state index contributed by atoms with van der Waals surface area (Å²) in [5, 5.41) is 21.6. The Balaban J connectivity index is 1.84. The van der Waals surface area contributed by atoms with Crippen LogP contribution in [0.5, 0.6) is 11.5 Å². The molecule has 3 N–H and O–H groups in total. The largest absolute Gasteiger partial charge is 0.508 e. The second kappa shape index (κ2) is 4.77. The predicted octanol–water partition coefficient (Wildman–Crippen LogP) is 2.64. The van der Waals surface area contributed by atoms with Crippen LogP contribution >= 0.6 is 0 Å². The fourth-order valence-corrected chi connectivity index (χ4v) is 2.26.